The van der Waals surface area contributed by atoms with E-state index in [-0.39, 0.29) is 6.61 Å². The van der Waals surface area contributed by atoms with Crippen molar-refractivity contribution in [2.24, 2.45) is 0 Å². The third-order valence-electron chi connectivity index (χ3n) is 1.31. The number of aromatic nitrogens is 2. The molecular formula is C6H11N3O. The molecule has 0 radical (unpaired) electrons. The van der Waals surface area contributed by atoms with Gasteiger partial charge in [-0.25, -0.2) is 4.98 Å². The largest absolute Gasteiger partial charge is 0.395 e. The first-order valence-electron chi connectivity index (χ1n) is 3.17. The Balaban J connectivity index is 2.70. The maximum absolute atomic E-state index is 8.58. The predicted octanol–water partition coefficient (Wildman–Crippen LogP) is -0.0829. The van der Waals surface area contributed by atoms with Crippen molar-refractivity contribution in [2.75, 3.05) is 19.0 Å². The Kier molecular flexibility index (Phi) is 2.28. The van der Waals surface area contributed by atoms with Gasteiger partial charge in [0.2, 0.25) is 0 Å². The van der Waals surface area contributed by atoms with Gasteiger partial charge in [-0.15, -0.1) is 0 Å². The summed E-state index contributed by atoms with van der Waals surface area (Å²) in [5.74, 6) is 0.925. The Labute approximate surface area is 59.5 Å². The van der Waals surface area contributed by atoms with Crippen molar-refractivity contribution < 1.29 is 5.11 Å². The number of aliphatic hydroxyl groups excluding tert-OH is 1. The molecule has 0 saturated carbocycles. The van der Waals surface area contributed by atoms with Gasteiger partial charge in [-0.05, 0) is 0 Å². The molecule has 0 atom stereocenters. The highest BCUT2D eigenvalue weighted by atomic mass is 16.3. The van der Waals surface area contributed by atoms with Crippen LogP contribution in [0.15, 0.2) is 12.5 Å². The van der Waals surface area contributed by atoms with Gasteiger partial charge >= 0.3 is 0 Å². The Morgan fingerprint density at radius 2 is 2.60 bits per heavy atom. The van der Waals surface area contributed by atoms with Crippen molar-refractivity contribution in [1.29, 1.82) is 0 Å². The van der Waals surface area contributed by atoms with Crippen LogP contribution >= 0.6 is 0 Å². The Hall–Kier alpha value is -1.03. The molecule has 0 fully saturated rings. The van der Waals surface area contributed by atoms with E-state index in [0.29, 0.717) is 6.54 Å². The van der Waals surface area contributed by atoms with E-state index in [2.05, 4.69) is 10.3 Å². The maximum atomic E-state index is 8.58. The van der Waals surface area contributed by atoms with Crippen LogP contribution in [0.4, 0.5) is 5.82 Å². The maximum Gasteiger partial charge on any atom is 0.125 e. The van der Waals surface area contributed by atoms with E-state index in [0.717, 1.165) is 5.82 Å². The van der Waals surface area contributed by atoms with Crippen molar-refractivity contribution in [2.45, 2.75) is 6.54 Å². The molecule has 4 heteroatoms. The summed E-state index contributed by atoms with van der Waals surface area (Å²) in [5, 5.41) is 11.5. The number of aliphatic hydroxyl groups is 1. The fourth-order valence-corrected chi connectivity index (χ4v) is 0.815. The van der Waals surface area contributed by atoms with Crippen LogP contribution in [0.2, 0.25) is 0 Å². The number of nitrogens with zero attached hydrogens (tertiary/aromatic N) is 2. The third-order valence-corrected chi connectivity index (χ3v) is 1.31. The molecule has 0 aliphatic carbocycles. The topological polar surface area (TPSA) is 50.1 Å². The van der Waals surface area contributed by atoms with Crippen LogP contribution in [0.3, 0.4) is 0 Å². The molecule has 0 aliphatic heterocycles. The molecule has 0 spiro atoms. The molecule has 1 aromatic heterocycles. The average molecular weight is 141 g/mol. The minimum Gasteiger partial charge on any atom is -0.395 e. The van der Waals surface area contributed by atoms with Gasteiger partial charge in [0.1, 0.15) is 5.82 Å². The Bertz CT molecular complexity index is 197. The summed E-state index contributed by atoms with van der Waals surface area (Å²) in [7, 11) is 1.82. The number of anilines is 1. The van der Waals surface area contributed by atoms with Gasteiger partial charge < -0.3 is 15.0 Å². The lowest BCUT2D eigenvalue weighted by atomic mass is 10.6. The van der Waals surface area contributed by atoms with Gasteiger partial charge in [-0.2, -0.15) is 0 Å². The number of imidazole rings is 1. The highest BCUT2D eigenvalue weighted by molar-refractivity contribution is 5.31. The normalized spacial score (nSPS) is 9.80. The summed E-state index contributed by atoms with van der Waals surface area (Å²) < 4.78 is 1.85. The van der Waals surface area contributed by atoms with Crippen LogP contribution < -0.4 is 5.32 Å². The van der Waals surface area contributed by atoms with Crippen LogP contribution in [0.1, 0.15) is 0 Å². The van der Waals surface area contributed by atoms with E-state index in [1.165, 1.54) is 0 Å². The second kappa shape index (κ2) is 3.22. The van der Waals surface area contributed by atoms with Crippen LogP contribution in [0.5, 0.6) is 0 Å². The van der Waals surface area contributed by atoms with Gasteiger partial charge in [-0.3, -0.25) is 0 Å². The lowest BCUT2D eigenvalue weighted by molar-refractivity contribution is 0.277. The summed E-state index contributed by atoms with van der Waals surface area (Å²) in [4.78, 5) is 3.90. The molecule has 1 heterocycles. The lowest BCUT2D eigenvalue weighted by Crippen LogP contribution is -2.04. The van der Waals surface area contributed by atoms with Crippen LogP contribution in [0, 0.1) is 0 Å². The minimum atomic E-state index is 0.144. The summed E-state index contributed by atoms with van der Waals surface area (Å²) >= 11 is 0. The molecule has 4 nitrogen and oxygen atoms in total. The fourth-order valence-electron chi connectivity index (χ4n) is 0.815. The first-order valence-corrected chi connectivity index (χ1v) is 3.17. The number of hydrogen-bond acceptors (Lipinski definition) is 3. The SMILES string of the molecule is CNc1cncn1CCO. The van der Waals surface area contributed by atoms with E-state index >= 15 is 0 Å². The van der Waals surface area contributed by atoms with Gasteiger partial charge in [0.25, 0.3) is 0 Å². The van der Waals surface area contributed by atoms with Crippen molar-refractivity contribution in [3.63, 3.8) is 0 Å². The molecule has 0 amide bonds. The predicted molar refractivity (Wildman–Crippen MR) is 38.9 cm³/mol. The van der Waals surface area contributed by atoms with Crippen LogP contribution in [0.25, 0.3) is 0 Å². The van der Waals surface area contributed by atoms with E-state index in [1.54, 1.807) is 12.5 Å². The minimum absolute atomic E-state index is 0.144. The van der Waals surface area contributed by atoms with Gasteiger partial charge in [-0.1, -0.05) is 0 Å². The van der Waals surface area contributed by atoms with E-state index < -0.39 is 0 Å². The first-order chi connectivity index (χ1) is 4.88. The molecule has 0 aromatic carbocycles. The highest BCUT2D eigenvalue weighted by Gasteiger charge is 1.95. The average Bonchev–Trinajstić information content (AvgIpc) is 2.36. The van der Waals surface area contributed by atoms with Crippen molar-refractivity contribution in [1.82, 2.24) is 9.55 Å². The lowest BCUT2D eigenvalue weighted by Gasteiger charge is -2.03. The molecular weight excluding hydrogens is 130 g/mol. The quantitative estimate of drug-likeness (QED) is 0.619. The summed E-state index contributed by atoms with van der Waals surface area (Å²) in [6, 6.07) is 0. The smallest absolute Gasteiger partial charge is 0.125 e. The fraction of sp³-hybridized carbons (Fsp3) is 0.500. The molecule has 0 bridgehead atoms. The van der Waals surface area contributed by atoms with Gasteiger partial charge in [0.15, 0.2) is 0 Å². The number of rotatable bonds is 3. The van der Waals surface area contributed by atoms with Crippen molar-refractivity contribution in [3.05, 3.63) is 12.5 Å². The Morgan fingerprint density at radius 3 is 3.20 bits per heavy atom. The van der Waals surface area contributed by atoms with E-state index in [1.807, 2.05) is 11.6 Å². The van der Waals surface area contributed by atoms with Gasteiger partial charge in [0, 0.05) is 13.6 Å². The highest BCUT2D eigenvalue weighted by Crippen LogP contribution is 2.02. The standard InChI is InChI=1S/C6H11N3O/c1-7-6-4-8-5-9(6)2-3-10/h4-5,7,10H,2-3H2,1H3. The second-order valence-electron chi connectivity index (χ2n) is 1.95. The zero-order valence-electron chi connectivity index (χ0n) is 5.91. The summed E-state index contributed by atoms with van der Waals surface area (Å²) in [5.41, 5.74) is 0. The molecule has 0 saturated heterocycles. The monoisotopic (exact) mass is 141 g/mol. The molecule has 56 valence electrons. The summed E-state index contributed by atoms with van der Waals surface area (Å²) in [6.07, 6.45) is 3.40. The molecule has 0 aliphatic rings. The van der Waals surface area contributed by atoms with Crippen LogP contribution in [-0.4, -0.2) is 28.3 Å². The summed E-state index contributed by atoms with van der Waals surface area (Å²) in [6.45, 7) is 0.737. The number of hydrogen-bond donors (Lipinski definition) is 2. The molecule has 0 unspecified atom stereocenters. The second-order valence-corrected chi connectivity index (χ2v) is 1.95. The van der Waals surface area contributed by atoms with Crippen molar-refractivity contribution >= 4 is 5.82 Å². The van der Waals surface area contributed by atoms with Crippen LogP contribution in [-0.2, 0) is 6.54 Å². The molecule has 2 N–H and O–H groups in total. The third kappa shape index (κ3) is 1.27. The van der Waals surface area contributed by atoms with E-state index in [4.69, 9.17) is 5.11 Å². The molecule has 1 rings (SSSR count). The zero-order chi connectivity index (χ0) is 7.40. The van der Waals surface area contributed by atoms with E-state index in [9.17, 15) is 0 Å². The van der Waals surface area contributed by atoms with Gasteiger partial charge in [0.05, 0.1) is 19.1 Å². The van der Waals surface area contributed by atoms with Crippen molar-refractivity contribution in [3.8, 4) is 0 Å². The first kappa shape index (κ1) is 7.08. The zero-order valence-corrected chi connectivity index (χ0v) is 5.91. The molecule has 10 heavy (non-hydrogen) atoms. The molecule has 1 aromatic rings. The Morgan fingerprint density at radius 1 is 1.80 bits per heavy atom. The number of nitrogens with one attached hydrogen (secondary N) is 1.